The largest absolute Gasteiger partial charge is 0.464 e. The Labute approximate surface area is 196 Å². The van der Waals surface area contributed by atoms with Crippen molar-refractivity contribution in [3.05, 3.63) is 101 Å². The highest BCUT2D eigenvalue weighted by molar-refractivity contribution is 6.05. The molecule has 0 saturated carbocycles. The Morgan fingerprint density at radius 2 is 1.53 bits per heavy atom. The fourth-order valence-corrected chi connectivity index (χ4v) is 2.94. The van der Waals surface area contributed by atoms with Gasteiger partial charge in [0.05, 0.1) is 12.8 Å². The Balaban J connectivity index is 1.74. The summed E-state index contributed by atoms with van der Waals surface area (Å²) in [6.07, 6.45) is 1.48. The van der Waals surface area contributed by atoms with E-state index >= 15 is 0 Å². The molecule has 0 aliphatic rings. The Morgan fingerprint density at radius 1 is 0.853 bits per heavy atom. The zero-order chi connectivity index (χ0) is 24.5. The molecule has 0 saturated heterocycles. The van der Waals surface area contributed by atoms with E-state index < -0.39 is 11.9 Å². The predicted octanol–water partition coefficient (Wildman–Crippen LogP) is 2.79. The third-order valence-electron chi connectivity index (χ3n) is 4.54. The minimum Gasteiger partial charge on any atom is -0.464 e. The van der Waals surface area contributed by atoms with Crippen LogP contribution in [0.25, 0.3) is 6.08 Å². The van der Waals surface area contributed by atoms with E-state index in [-0.39, 0.29) is 17.6 Å². The van der Waals surface area contributed by atoms with Crippen molar-refractivity contribution < 1.29 is 19.1 Å². The molecule has 0 bridgehead atoms. The Hall–Kier alpha value is -4.92. The van der Waals surface area contributed by atoms with E-state index in [1.165, 1.54) is 13.2 Å². The second-order valence-electron chi connectivity index (χ2n) is 7.03. The SMILES string of the molecule is COC(=O)/C(=C/c1ccc(NC(=O)c2cccc(N=C(N)N)c2)cc1)NC(=O)c1ccccc1. The van der Waals surface area contributed by atoms with E-state index in [4.69, 9.17) is 16.2 Å². The van der Waals surface area contributed by atoms with Gasteiger partial charge in [-0.15, -0.1) is 0 Å². The van der Waals surface area contributed by atoms with Crippen LogP contribution in [0.1, 0.15) is 26.3 Å². The van der Waals surface area contributed by atoms with Crippen molar-refractivity contribution >= 4 is 41.2 Å². The molecule has 0 atom stereocenters. The summed E-state index contributed by atoms with van der Waals surface area (Å²) in [5.74, 6) is -1.58. The fourth-order valence-electron chi connectivity index (χ4n) is 2.94. The van der Waals surface area contributed by atoms with Gasteiger partial charge in [-0.3, -0.25) is 9.59 Å². The summed E-state index contributed by atoms with van der Waals surface area (Å²) in [6.45, 7) is 0. The van der Waals surface area contributed by atoms with Crippen LogP contribution in [0.2, 0.25) is 0 Å². The van der Waals surface area contributed by atoms with E-state index in [0.29, 0.717) is 28.1 Å². The first kappa shape index (κ1) is 23.7. The van der Waals surface area contributed by atoms with Gasteiger partial charge in [0.2, 0.25) is 0 Å². The maximum atomic E-state index is 12.6. The smallest absolute Gasteiger partial charge is 0.354 e. The lowest BCUT2D eigenvalue weighted by molar-refractivity contribution is -0.136. The Morgan fingerprint density at radius 3 is 2.18 bits per heavy atom. The highest BCUT2D eigenvalue weighted by Crippen LogP contribution is 2.17. The number of ether oxygens (including phenoxy) is 1. The van der Waals surface area contributed by atoms with Crippen LogP contribution in [0.4, 0.5) is 11.4 Å². The molecule has 3 aromatic rings. The van der Waals surface area contributed by atoms with Crippen LogP contribution in [0.5, 0.6) is 0 Å². The number of hydrogen-bond donors (Lipinski definition) is 4. The van der Waals surface area contributed by atoms with E-state index in [1.807, 2.05) is 0 Å². The number of benzene rings is 3. The predicted molar refractivity (Wildman–Crippen MR) is 130 cm³/mol. The van der Waals surface area contributed by atoms with Gasteiger partial charge in [0.1, 0.15) is 5.70 Å². The van der Waals surface area contributed by atoms with Crippen LogP contribution in [0.15, 0.2) is 89.6 Å². The standard InChI is InChI=1S/C25H23N5O4/c1-34-24(33)21(30-22(31)17-6-3-2-4-7-17)14-16-10-12-19(13-11-16)28-23(32)18-8-5-9-20(15-18)29-25(26)27/h2-15H,1H3,(H,28,32)(H,30,31)(H4,26,27,29)/b21-14-. The van der Waals surface area contributed by atoms with Crippen molar-refractivity contribution in [1.29, 1.82) is 0 Å². The second kappa shape index (κ2) is 11.1. The number of hydrogen-bond acceptors (Lipinski definition) is 5. The number of nitrogens with two attached hydrogens (primary N) is 2. The highest BCUT2D eigenvalue weighted by Gasteiger charge is 2.15. The molecule has 6 N–H and O–H groups in total. The van der Waals surface area contributed by atoms with Gasteiger partial charge in [-0.1, -0.05) is 36.4 Å². The average molecular weight is 457 g/mol. The molecule has 172 valence electrons. The number of amides is 2. The van der Waals surface area contributed by atoms with Gasteiger partial charge in [-0.05, 0) is 54.1 Å². The third kappa shape index (κ3) is 6.54. The van der Waals surface area contributed by atoms with Crippen LogP contribution in [-0.4, -0.2) is 30.9 Å². The number of guanidine groups is 1. The molecule has 0 unspecified atom stereocenters. The van der Waals surface area contributed by atoms with Crippen molar-refractivity contribution in [2.24, 2.45) is 16.5 Å². The van der Waals surface area contributed by atoms with E-state index in [2.05, 4.69) is 15.6 Å². The first-order chi connectivity index (χ1) is 16.4. The van der Waals surface area contributed by atoms with Crippen molar-refractivity contribution in [3.8, 4) is 0 Å². The zero-order valence-corrected chi connectivity index (χ0v) is 18.3. The van der Waals surface area contributed by atoms with Gasteiger partial charge in [-0.25, -0.2) is 9.79 Å². The summed E-state index contributed by atoms with van der Waals surface area (Å²) in [7, 11) is 1.23. The normalized spacial score (nSPS) is 10.7. The van der Waals surface area contributed by atoms with E-state index in [1.54, 1.807) is 78.9 Å². The molecular formula is C25H23N5O4. The average Bonchev–Trinajstić information content (AvgIpc) is 2.84. The molecule has 3 rings (SSSR count). The summed E-state index contributed by atoms with van der Waals surface area (Å²) < 4.78 is 4.78. The molecule has 3 aromatic carbocycles. The molecule has 9 nitrogen and oxygen atoms in total. The Kier molecular flexibility index (Phi) is 7.75. The number of carbonyl (C=O) groups excluding carboxylic acids is 3. The second-order valence-corrected chi connectivity index (χ2v) is 7.03. The molecule has 0 fully saturated rings. The fraction of sp³-hybridized carbons (Fsp3) is 0.0400. The van der Waals surface area contributed by atoms with Gasteiger partial charge in [0.25, 0.3) is 11.8 Å². The third-order valence-corrected chi connectivity index (χ3v) is 4.54. The van der Waals surface area contributed by atoms with Gasteiger partial charge in [0, 0.05) is 16.8 Å². The number of aliphatic imine (C=N–C) groups is 1. The minimum absolute atomic E-state index is 0.0234. The molecule has 0 radical (unpaired) electrons. The summed E-state index contributed by atoms with van der Waals surface area (Å²) >= 11 is 0. The minimum atomic E-state index is -0.692. The van der Waals surface area contributed by atoms with E-state index in [9.17, 15) is 14.4 Å². The molecule has 9 heteroatoms. The summed E-state index contributed by atoms with van der Waals surface area (Å²) in [5.41, 5.74) is 13.1. The van der Waals surface area contributed by atoms with Crippen LogP contribution in [0, 0.1) is 0 Å². The maximum Gasteiger partial charge on any atom is 0.354 e. The lowest BCUT2D eigenvalue weighted by Gasteiger charge is -2.09. The van der Waals surface area contributed by atoms with Crippen molar-refractivity contribution in [3.63, 3.8) is 0 Å². The van der Waals surface area contributed by atoms with E-state index in [0.717, 1.165) is 0 Å². The lowest BCUT2D eigenvalue weighted by Crippen LogP contribution is -2.28. The number of nitrogens with zero attached hydrogens (tertiary/aromatic N) is 1. The molecule has 0 aromatic heterocycles. The number of anilines is 1. The number of methoxy groups -OCH3 is 1. The van der Waals surface area contributed by atoms with Gasteiger partial charge >= 0.3 is 5.97 Å². The molecule has 0 spiro atoms. The van der Waals surface area contributed by atoms with Gasteiger partial charge in [0.15, 0.2) is 5.96 Å². The maximum absolute atomic E-state index is 12.6. The lowest BCUT2D eigenvalue weighted by atomic mass is 10.1. The molecule has 0 aliphatic carbocycles. The number of esters is 1. The van der Waals surface area contributed by atoms with Crippen LogP contribution in [-0.2, 0) is 9.53 Å². The van der Waals surface area contributed by atoms with Gasteiger partial charge in [-0.2, -0.15) is 0 Å². The molecule has 0 aliphatic heterocycles. The summed E-state index contributed by atoms with van der Waals surface area (Å²) in [5, 5.41) is 5.34. The van der Waals surface area contributed by atoms with Crippen LogP contribution in [0.3, 0.4) is 0 Å². The zero-order valence-electron chi connectivity index (χ0n) is 18.3. The summed E-state index contributed by atoms with van der Waals surface area (Å²) in [6, 6.07) is 21.7. The molecule has 2 amide bonds. The number of rotatable bonds is 7. The quantitative estimate of drug-likeness (QED) is 0.185. The van der Waals surface area contributed by atoms with Crippen LogP contribution < -0.4 is 22.1 Å². The van der Waals surface area contributed by atoms with Gasteiger partial charge < -0.3 is 26.8 Å². The van der Waals surface area contributed by atoms with Crippen molar-refractivity contribution in [1.82, 2.24) is 5.32 Å². The molecular weight excluding hydrogens is 434 g/mol. The first-order valence-electron chi connectivity index (χ1n) is 10.1. The van der Waals surface area contributed by atoms with Crippen LogP contribution >= 0.6 is 0 Å². The number of carbonyl (C=O) groups is 3. The monoisotopic (exact) mass is 457 g/mol. The molecule has 0 heterocycles. The summed E-state index contributed by atoms with van der Waals surface area (Å²) in [4.78, 5) is 41.1. The number of nitrogens with one attached hydrogen (secondary N) is 2. The highest BCUT2D eigenvalue weighted by atomic mass is 16.5. The first-order valence-corrected chi connectivity index (χ1v) is 10.1. The Bertz CT molecular complexity index is 1250. The van der Waals surface area contributed by atoms with Crippen molar-refractivity contribution in [2.75, 3.05) is 12.4 Å². The topological polar surface area (TPSA) is 149 Å². The molecule has 34 heavy (non-hydrogen) atoms. The van der Waals surface area contributed by atoms with Crippen molar-refractivity contribution in [2.45, 2.75) is 0 Å².